The highest BCUT2D eigenvalue weighted by atomic mass is 79.9. The van der Waals surface area contributed by atoms with Gasteiger partial charge in [-0.25, -0.2) is 21.6 Å². The third kappa shape index (κ3) is 3.70. The summed E-state index contributed by atoms with van der Waals surface area (Å²) in [6.45, 7) is 0. The Bertz CT molecular complexity index is 709. The molecule has 0 heterocycles. The van der Waals surface area contributed by atoms with Crippen molar-refractivity contribution in [2.45, 2.75) is 0 Å². The van der Waals surface area contributed by atoms with Crippen molar-refractivity contribution < 1.29 is 26.4 Å². The van der Waals surface area contributed by atoms with Crippen LogP contribution in [0.1, 0.15) is 10.4 Å². The number of carbonyl (C=O) groups excluding carboxylic acids is 1. The van der Waals surface area contributed by atoms with Gasteiger partial charge in [-0.05, 0) is 34.1 Å². The molecule has 1 aromatic carbocycles. The fourth-order valence-electron chi connectivity index (χ4n) is 1.52. The van der Waals surface area contributed by atoms with Gasteiger partial charge in [-0.15, -0.1) is 0 Å². The molecule has 0 atom stereocenters. The van der Waals surface area contributed by atoms with E-state index in [1.165, 1.54) is 12.1 Å². The summed E-state index contributed by atoms with van der Waals surface area (Å²) in [5, 5.41) is 0. The third-order valence-electron chi connectivity index (χ3n) is 2.17. The molecule has 0 N–H and O–H groups in total. The van der Waals surface area contributed by atoms with Crippen molar-refractivity contribution in [1.29, 1.82) is 0 Å². The lowest BCUT2D eigenvalue weighted by atomic mass is 10.2. The number of esters is 1. The maximum Gasteiger partial charge on any atom is 0.339 e. The zero-order valence-corrected chi connectivity index (χ0v) is 14.0. The zero-order chi connectivity index (χ0) is 15.7. The minimum Gasteiger partial charge on any atom is -0.465 e. The topological polar surface area (TPSA) is 97.8 Å². The van der Waals surface area contributed by atoms with E-state index in [1.54, 1.807) is 0 Å². The zero-order valence-electron chi connectivity index (χ0n) is 10.8. The quantitative estimate of drug-likeness (QED) is 0.715. The first-order valence-corrected chi connectivity index (χ1v) is 9.56. The van der Waals surface area contributed by atoms with Gasteiger partial charge in [0.2, 0.25) is 20.0 Å². The summed E-state index contributed by atoms with van der Waals surface area (Å²) in [5.41, 5.74) is -0.152. The lowest BCUT2D eigenvalue weighted by Crippen LogP contribution is -2.35. The molecule has 0 unspecified atom stereocenters. The van der Waals surface area contributed by atoms with E-state index in [2.05, 4.69) is 20.7 Å². The fraction of sp³-hybridized carbons (Fsp3) is 0.300. The van der Waals surface area contributed by atoms with Gasteiger partial charge in [-0.1, -0.05) is 0 Å². The number of hydrogen-bond acceptors (Lipinski definition) is 6. The maximum atomic E-state index is 11.6. The highest BCUT2D eigenvalue weighted by Gasteiger charge is 2.28. The first kappa shape index (κ1) is 16.9. The number of hydrogen-bond donors (Lipinski definition) is 0. The van der Waals surface area contributed by atoms with Gasteiger partial charge in [0.25, 0.3) is 0 Å². The molecule has 0 aliphatic carbocycles. The normalized spacial score (nSPS) is 12.0. The molecule has 7 nitrogen and oxygen atoms in total. The number of nitrogens with zero attached hydrogens (tertiary/aromatic N) is 1. The molecule has 0 radical (unpaired) electrons. The summed E-state index contributed by atoms with van der Waals surface area (Å²) in [4.78, 5) is 11.5. The van der Waals surface area contributed by atoms with Crippen LogP contribution in [0.3, 0.4) is 0 Å². The van der Waals surface area contributed by atoms with Crippen LogP contribution in [0.4, 0.5) is 5.69 Å². The molecule has 1 rings (SSSR count). The van der Waals surface area contributed by atoms with Gasteiger partial charge in [0.15, 0.2) is 0 Å². The molecule has 0 aliphatic rings. The number of carbonyl (C=O) groups is 1. The fourth-order valence-corrected chi connectivity index (χ4v) is 4.89. The van der Waals surface area contributed by atoms with Crippen LogP contribution < -0.4 is 3.71 Å². The van der Waals surface area contributed by atoms with Gasteiger partial charge in [-0.2, -0.15) is 3.71 Å². The predicted octanol–water partition coefficient (Wildman–Crippen LogP) is 0.961. The van der Waals surface area contributed by atoms with E-state index < -0.39 is 26.0 Å². The van der Waals surface area contributed by atoms with Crippen LogP contribution in [0.25, 0.3) is 0 Å². The van der Waals surface area contributed by atoms with Crippen molar-refractivity contribution in [2.24, 2.45) is 0 Å². The van der Waals surface area contributed by atoms with Gasteiger partial charge in [-0.3, -0.25) is 0 Å². The van der Waals surface area contributed by atoms with Gasteiger partial charge < -0.3 is 4.74 Å². The molecule has 0 amide bonds. The standard InChI is InChI=1S/C10H12BrNO6S2/c1-18-10(13)8-6-7(4-5-9(8)11)12(19(2,14)15)20(3,16)17/h4-6H,1-3H3. The van der Waals surface area contributed by atoms with Gasteiger partial charge in [0, 0.05) is 4.47 Å². The van der Waals surface area contributed by atoms with E-state index in [0.29, 0.717) is 4.47 Å². The van der Waals surface area contributed by atoms with Crippen molar-refractivity contribution in [3.63, 3.8) is 0 Å². The van der Waals surface area contributed by atoms with E-state index in [-0.39, 0.29) is 15.0 Å². The summed E-state index contributed by atoms with van der Waals surface area (Å²) in [5.74, 6) is -0.722. The first-order chi connectivity index (χ1) is 8.98. The van der Waals surface area contributed by atoms with Crippen molar-refractivity contribution in [3.05, 3.63) is 28.2 Å². The summed E-state index contributed by atoms with van der Waals surface area (Å²) < 4.78 is 51.7. The number of methoxy groups -OCH3 is 1. The lowest BCUT2D eigenvalue weighted by molar-refractivity contribution is 0.0599. The SMILES string of the molecule is COC(=O)c1cc(N(S(C)(=O)=O)S(C)(=O)=O)ccc1Br. The van der Waals surface area contributed by atoms with Crippen molar-refractivity contribution >= 4 is 47.6 Å². The highest BCUT2D eigenvalue weighted by molar-refractivity contribution is 9.10. The van der Waals surface area contributed by atoms with Gasteiger partial charge in [0.1, 0.15) is 0 Å². The van der Waals surface area contributed by atoms with E-state index in [9.17, 15) is 21.6 Å². The Morgan fingerprint density at radius 1 is 1.15 bits per heavy atom. The van der Waals surface area contributed by atoms with Crippen LogP contribution in [-0.2, 0) is 24.8 Å². The number of anilines is 1. The minimum atomic E-state index is -4.06. The number of ether oxygens (including phenoxy) is 1. The molecule has 0 aliphatic heterocycles. The smallest absolute Gasteiger partial charge is 0.339 e. The lowest BCUT2D eigenvalue weighted by Gasteiger charge is -2.20. The van der Waals surface area contributed by atoms with Gasteiger partial charge in [0.05, 0.1) is 30.9 Å². The molecule has 10 heteroatoms. The second-order valence-electron chi connectivity index (χ2n) is 3.88. The van der Waals surface area contributed by atoms with Crippen LogP contribution in [0.15, 0.2) is 22.7 Å². The van der Waals surface area contributed by atoms with Crippen molar-refractivity contribution in [1.82, 2.24) is 0 Å². The van der Waals surface area contributed by atoms with Crippen molar-refractivity contribution in [3.8, 4) is 0 Å². The predicted molar refractivity (Wildman–Crippen MR) is 77.6 cm³/mol. The number of halogens is 1. The van der Waals surface area contributed by atoms with Crippen LogP contribution in [0, 0.1) is 0 Å². The Balaban J connectivity index is 3.57. The molecule has 0 saturated heterocycles. The molecule has 0 saturated carbocycles. The monoisotopic (exact) mass is 385 g/mol. The molecule has 0 spiro atoms. The second-order valence-corrected chi connectivity index (χ2v) is 8.63. The second kappa shape index (κ2) is 5.70. The Hall–Kier alpha value is -1.13. The summed E-state index contributed by atoms with van der Waals surface area (Å²) >= 11 is 3.10. The number of sulfonamides is 2. The van der Waals surface area contributed by atoms with Crippen molar-refractivity contribution in [2.75, 3.05) is 23.3 Å². The number of benzene rings is 1. The minimum absolute atomic E-state index is 0.0160. The largest absolute Gasteiger partial charge is 0.465 e. The molecule has 0 aromatic heterocycles. The Morgan fingerprint density at radius 2 is 1.65 bits per heavy atom. The highest BCUT2D eigenvalue weighted by Crippen LogP contribution is 2.27. The average molecular weight is 386 g/mol. The van der Waals surface area contributed by atoms with Gasteiger partial charge >= 0.3 is 5.97 Å². The summed E-state index contributed by atoms with van der Waals surface area (Å²) in [6.07, 6.45) is 1.52. The third-order valence-corrected chi connectivity index (χ3v) is 6.11. The molecule has 20 heavy (non-hydrogen) atoms. The summed E-state index contributed by atoms with van der Waals surface area (Å²) in [6, 6.07) is 3.75. The Morgan fingerprint density at radius 3 is 2.05 bits per heavy atom. The van der Waals surface area contributed by atoms with E-state index in [0.717, 1.165) is 25.7 Å². The first-order valence-electron chi connectivity index (χ1n) is 5.07. The van der Waals surface area contributed by atoms with Crippen LogP contribution in [0.5, 0.6) is 0 Å². The van der Waals surface area contributed by atoms with E-state index in [4.69, 9.17) is 0 Å². The Labute approximate surface area is 125 Å². The van der Waals surface area contributed by atoms with Crippen LogP contribution in [-0.4, -0.2) is 42.4 Å². The Kier molecular flexibility index (Phi) is 4.82. The van der Waals surface area contributed by atoms with Crippen LogP contribution in [0.2, 0.25) is 0 Å². The molecular formula is C10H12BrNO6S2. The summed E-state index contributed by atoms with van der Waals surface area (Å²) in [7, 11) is -6.96. The average Bonchev–Trinajstić information content (AvgIpc) is 2.27. The van der Waals surface area contributed by atoms with E-state index in [1.807, 2.05) is 0 Å². The molecule has 112 valence electrons. The van der Waals surface area contributed by atoms with E-state index >= 15 is 0 Å². The maximum absolute atomic E-state index is 11.6. The number of rotatable bonds is 4. The molecule has 0 fully saturated rings. The molecule has 0 bridgehead atoms. The molecule has 1 aromatic rings. The molecular weight excluding hydrogens is 374 g/mol. The van der Waals surface area contributed by atoms with Crippen LogP contribution >= 0.6 is 15.9 Å².